The highest BCUT2D eigenvalue weighted by Crippen LogP contribution is 2.19. The summed E-state index contributed by atoms with van der Waals surface area (Å²) in [5, 5.41) is 2.94. The van der Waals surface area contributed by atoms with Crippen molar-refractivity contribution in [1.29, 1.82) is 0 Å². The van der Waals surface area contributed by atoms with Crippen LogP contribution in [0.3, 0.4) is 0 Å². The van der Waals surface area contributed by atoms with Crippen LogP contribution in [0.4, 0.5) is 0 Å². The van der Waals surface area contributed by atoms with Crippen LogP contribution in [0.1, 0.15) is 25.7 Å². The van der Waals surface area contributed by atoms with E-state index in [1.165, 1.54) is 5.57 Å². The Bertz CT molecular complexity index is 240. The summed E-state index contributed by atoms with van der Waals surface area (Å²) in [7, 11) is 0. The Kier molecular flexibility index (Phi) is 2.87. The zero-order valence-electron chi connectivity index (χ0n) is 8.59. The molecule has 0 aromatic rings. The van der Waals surface area contributed by atoms with Gasteiger partial charge in [-0.15, -0.1) is 0 Å². The van der Waals surface area contributed by atoms with Crippen molar-refractivity contribution in [2.24, 2.45) is 0 Å². The minimum atomic E-state index is 0.136. The lowest BCUT2D eigenvalue weighted by Crippen LogP contribution is -2.52. The second kappa shape index (κ2) is 4.13. The van der Waals surface area contributed by atoms with Crippen LogP contribution in [0.25, 0.3) is 0 Å². The summed E-state index contributed by atoms with van der Waals surface area (Å²) in [6, 6.07) is 0.136. The van der Waals surface area contributed by atoms with Crippen molar-refractivity contribution in [2.75, 3.05) is 19.6 Å². The van der Waals surface area contributed by atoms with Gasteiger partial charge in [0.25, 0.3) is 0 Å². The van der Waals surface area contributed by atoms with Gasteiger partial charge in [0.2, 0.25) is 5.91 Å². The molecule has 2 aliphatic rings. The van der Waals surface area contributed by atoms with Gasteiger partial charge in [-0.1, -0.05) is 12.2 Å². The first-order valence-corrected chi connectivity index (χ1v) is 5.46. The molecule has 0 saturated carbocycles. The Labute approximate surface area is 85.2 Å². The van der Waals surface area contributed by atoms with E-state index in [-0.39, 0.29) is 11.9 Å². The molecule has 0 aromatic carbocycles. The topological polar surface area (TPSA) is 32.3 Å². The quantitative estimate of drug-likeness (QED) is 0.629. The monoisotopic (exact) mass is 194 g/mol. The van der Waals surface area contributed by atoms with Crippen molar-refractivity contribution in [2.45, 2.75) is 31.7 Å². The molecule has 3 nitrogen and oxygen atoms in total. The maximum atomic E-state index is 11.6. The van der Waals surface area contributed by atoms with Gasteiger partial charge in [0, 0.05) is 19.6 Å². The summed E-state index contributed by atoms with van der Waals surface area (Å²) in [5.74, 6) is 0.226. The zero-order valence-corrected chi connectivity index (χ0v) is 8.59. The van der Waals surface area contributed by atoms with Gasteiger partial charge >= 0.3 is 0 Å². The number of hydrogen-bond donors (Lipinski definition) is 1. The van der Waals surface area contributed by atoms with Gasteiger partial charge in [-0.05, 0) is 25.7 Å². The fourth-order valence-electron chi connectivity index (χ4n) is 2.26. The number of nitrogens with one attached hydrogen (secondary N) is 1. The summed E-state index contributed by atoms with van der Waals surface area (Å²) >= 11 is 0. The molecular weight excluding hydrogens is 176 g/mol. The molecule has 1 N–H and O–H groups in total. The molecule has 2 rings (SSSR count). The molecule has 2 saturated heterocycles. The number of likely N-dealkylation sites (tertiary alicyclic amines) is 1. The third-order valence-corrected chi connectivity index (χ3v) is 3.20. The molecule has 0 radical (unpaired) electrons. The minimum Gasteiger partial charge on any atom is -0.355 e. The van der Waals surface area contributed by atoms with Gasteiger partial charge in [0.15, 0.2) is 0 Å². The van der Waals surface area contributed by atoms with Gasteiger partial charge in [-0.25, -0.2) is 0 Å². The Hall–Kier alpha value is -0.830. The van der Waals surface area contributed by atoms with Crippen molar-refractivity contribution in [3.05, 3.63) is 12.2 Å². The molecular formula is C11H18N2O. The number of nitrogens with zero attached hydrogens (tertiary/aromatic N) is 1. The molecule has 0 aliphatic carbocycles. The van der Waals surface area contributed by atoms with Crippen LogP contribution < -0.4 is 5.32 Å². The van der Waals surface area contributed by atoms with Crippen LogP contribution in [0.2, 0.25) is 0 Å². The van der Waals surface area contributed by atoms with Crippen molar-refractivity contribution < 1.29 is 4.79 Å². The summed E-state index contributed by atoms with van der Waals surface area (Å²) in [5.41, 5.74) is 1.33. The van der Waals surface area contributed by atoms with E-state index in [1.54, 1.807) is 0 Å². The minimum absolute atomic E-state index is 0.136. The molecule has 14 heavy (non-hydrogen) atoms. The van der Waals surface area contributed by atoms with Gasteiger partial charge in [-0.3, -0.25) is 9.69 Å². The molecule has 0 aromatic heterocycles. The van der Waals surface area contributed by atoms with Crippen molar-refractivity contribution in [3.8, 4) is 0 Å². The van der Waals surface area contributed by atoms with Gasteiger partial charge < -0.3 is 5.32 Å². The number of carbonyl (C=O) groups is 1. The van der Waals surface area contributed by atoms with Crippen LogP contribution in [-0.4, -0.2) is 36.5 Å². The van der Waals surface area contributed by atoms with E-state index in [0.29, 0.717) is 0 Å². The third-order valence-electron chi connectivity index (χ3n) is 3.20. The van der Waals surface area contributed by atoms with Gasteiger partial charge in [0.05, 0.1) is 6.04 Å². The Morgan fingerprint density at radius 3 is 2.71 bits per heavy atom. The van der Waals surface area contributed by atoms with E-state index in [9.17, 15) is 4.79 Å². The summed E-state index contributed by atoms with van der Waals surface area (Å²) in [6.07, 6.45) is 4.26. The molecule has 0 bridgehead atoms. The lowest BCUT2D eigenvalue weighted by atomic mass is 9.99. The molecule has 0 spiro atoms. The second-order valence-electron chi connectivity index (χ2n) is 4.24. The van der Waals surface area contributed by atoms with E-state index in [0.717, 1.165) is 45.3 Å². The highest BCUT2D eigenvalue weighted by molar-refractivity contribution is 5.82. The molecule has 78 valence electrons. The number of rotatable bonds is 1. The van der Waals surface area contributed by atoms with E-state index in [2.05, 4.69) is 16.8 Å². The Morgan fingerprint density at radius 1 is 1.36 bits per heavy atom. The number of amides is 1. The van der Waals surface area contributed by atoms with Crippen molar-refractivity contribution >= 4 is 5.91 Å². The average molecular weight is 194 g/mol. The van der Waals surface area contributed by atoms with Crippen molar-refractivity contribution in [3.63, 3.8) is 0 Å². The summed E-state index contributed by atoms with van der Waals surface area (Å²) < 4.78 is 0. The first-order valence-electron chi connectivity index (χ1n) is 5.46. The smallest absolute Gasteiger partial charge is 0.237 e. The highest BCUT2D eigenvalue weighted by Gasteiger charge is 2.29. The molecule has 2 heterocycles. The maximum Gasteiger partial charge on any atom is 0.237 e. The number of carbonyl (C=O) groups excluding carboxylic acids is 1. The zero-order chi connectivity index (χ0) is 9.97. The fraction of sp³-hybridized carbons (Fsp3) is 0.727. The van der Waals surface area contributed by atoms with Crippen LogP contribution in [0.5, 0.6) is 0 Å². The maximum absolute atomic E-state index is 11.6. The Morgan fingerprint density at radius 2 is 2.07 bits per heavy atom. The van der Waals surface area contributed by atoms with E-state index in [4.69, 9.17) is 0 Å². The van der Waals surface area contributed by atoms with Crippen LogP contribution >= 0.6 is 0 Å². The third kappa shape index (κ3) is 1.98. The fourth-order valence-corrected chi connectivity index (χ4v) is 2.26. The molecule has 2 fully saturated rings. The standard InChI is InChI=1S/C11H18N2O/c1-9-4-7-13(8-5-9)10-3-2-6-12-11(10)14/h10H,1-8H2,(H,12,14). The van der Waals surface area contributed by atoms with Gasteiger partial charge in [-0.2, -0.15) is 0 Å². The lowest BCUT2D eigenvalue weighted by molar-refractivity contribution is -0.128. The van der Waals surface area contributed by atoms with E-state index < -0.39 is 0 Å². The molecule has 1 atom stereocenters. The normalized spacial score (nSPS) is 30.1. The average Bonchev–Trinajstić information content (AvgIpc) is 2.20. The first-order chi connectivity index (χ1) is 6.77. The SMILES string of the molecule is C=C1CCN(C2CCCNC2=O)CC1. The first kappa shape index (κ1) is 9.71. The van der Waals surface area contributed by atoms with Crippen molar-refractivity contribution in [1.82, 2.24) is 10.2 Å². The second-order valence-corrected chi connectivity index (χ2v) is 4.24. The van der Waals surface area contributed by atoms with Gasteiger partial charge in [0.1, 0.15) is 0 Å². The highest BCUT2D eigenvalue weighted by atomic mass is 16.2. The van der Waals surface area contributed by atoms with Crippen LogP contribution in [-0.2, 0) is 4.79 Å². The number of hydrogen-bond acceptors (Lipinski definition) is 2. The molecule has 1 amide bonds. The predicted octanol–water partition coefficient (Wildman–Crippen LogP) is 0.917. The lowest BCUT2D eigenvalue weighted by Gasteiger charge is -2.36. The van der Waals surface area contributed by atoms with E-state index >= 15 is 0 Å². The predicted molar refractivity (Wildman–Crippen MR) is 56.0 cm³/mol. The molecule has 1 unspecified atom stereocenters. The molecule has 3 heteroatoms. The largest absolute Gasteiger partial charge is 0.355 e. The van der Waals surface area contributed by atoms with Crippen LogP contribution in [0.15, 0.2) is 12.2 Å². The molecule has 2 aliphatic heterocycles. The summed E-state index contributed by atoms with van der Waals surface area (Å²) in [4.78, 5) is 13.9. The number of piperidine rings is 2. The van der Waals surface area contributed by atoms with E-state index in [1.807, 2.05) is 0 Å². The summed E-state index contributed by atoms with van der Waals surface area (Å²) in [6.45, 7) is 6.86. The Balaban J connectivity index is 1.93. The van der Waals surface area contributed by atoms with Crippen LogP contribution in [0, 0.1) is 0 Å².